The monoisotopic (exact) mass is 333 g/mol. The molecule has 2 aromatic rings. The lowest BCUT2D eigenvalue weighted by Crippen LogP contribution is -2.19. The van der Waals surface area contributed by atoms with E-state index in [1.807, 2.05) is 31.5 Å². The second kappa shape index (κ2) is 6.86. The van der Waals surface area contributed by atoms with Crippen molar-refractivity contribution >= 4 is 21.6 Å². The van der Waals surface area contributed by atoms with Crippen LogP contribution in [0.4, 0.5) is 5.69 Å². The molecule has 3 nitrogen and oxygen atoms in total. The van der Waals surface area contributed by atoms with Crippen molar-refractivity contribution in [2.45, 2.75) is 25.9 Å². The van der Waals surface area contributed by atoms with Crippen LogP contribution < -0.4 is 10.6 Å². The lowest BCUT2D eigenvalue weighted by molar-refractivity contribution is 0.737. The topological polar surface area (TPSA) is 42.1 Å². The Labute approximate surface area is 129 Å². The van der Waals surface area contributed by atoms with Gasteiger partial charge in [-0.15, -0.1) is 0 Å². The number of hydrogen-bond donors (Lipinski definition) is 1. The Morgan fingerprint density at radius 1 is 1.20 bits per heavy atom. The quantitative estimate of drug-likeness (QED) is 0.912. The minimum atomic E-state index is 0.183. The van der Waals surface area contributed by atoms with E-state index in [9.17, 15) is 0 Å². The van der Waals surface area contributed by atoms with E-state index in [1.165, 1.54) is 16.8 Å². The first-order chi connectivity index (χ1) is 9.56. The molecule has 4 heteroatoms. The van der Waals surface area contributed by atoms with Crippen molar-refractivity contribution in [2.24, 2.45) is 5.73 Å². The van der Waals surface area contributed by atoms with Crippen LogP contribution in [0.15, 0.2) is 47.2 Å². The summed E-state index contributed by atoms with van der Waals surface area (Å²) < 4.78 is 1.10. The molecular formula is C16H20BrN3. The van der Waals surface area contributed by atoms with Gasteiger partial charge in [-0.2, -0.15) is 0 Å². The van der Waals surface area contributed by atoms with Gasteiger partial charge in [-0.05, 0) is 64.7 Å². The zero-order chi connectivity index (χ0) is 14.5. The second-order valence-corrected chi connectivity index (χ2v) is 6.03. The molecule has 0 bridgehead atoms. The zero-order valence-electron chi connectivity index (χ0n) is 11.9. The van der Waals surface area contributed by atoms with Crippen LogP contribution in [-0.4, -0.2) is 18.1 Å². The standard InChI is InChI=1S/C16H20BrN3/c1-12(18)9-14-3-4-16(15(17)10-14)20(2)11-13-5-7-19-8-6-13/h3-8,10,12H,9,11,18H2,1-2H3. The van der Waals surface area contributed by atoms with Crippen LogP contribution in [0.1, 0.15) is 18.1 Å². The Balaban J connectivity index is 2.12. The number of benzene rings is 1. The fourth-order valence-corrected chi connectivity index (χ4v) is 2.93. The number of pyridine rings is 1. The van der Waals surface area contributed by atoms with E-state index < -0.39 is 0 Å². The van der Waals surface area contributed by atoms with Gasteiger partial charge in [0.05, 0.1) is 5.69 Å². The highest BCUT2D eigenvalue weighted by molar-refractivity contribution is 9.10. The van der Waals surface area contributed by atoms with Crippen LogP contribution in [0.25, 0.3) is 0 Å². The molecule has 0 aliphatic carbocycles. The van der Waals surface area contributed by atoms with Gasteiger partial charge >= 0.3 is 0 Å². The summed E-state index contributed by atoms with van der Waals surface area (Å²) in [4.78, 5) is 6.26. The normalized spacial score (nSPS) is 12.2. The summed E-state index contributed by atoms with van der Waals surface area (Å²) in [5, 5.41) is 0. The van der Waals surface area contributed by atoms with Crippen LogP contribution in [-0.2, 0) is 13.0 Å². The molecule has 1 unspecified atom stereocenters. The van der Waals surface area contributed by atoms with Crippen molar-refractivity contribution in [3.05, 3.63) is 58.3 Å². The first-order valence-electron chi connectivity index (χ1n) is 6.70. The minimum Gasteiger partial charge on any atom is -0.369 e. The number of hydrogen-bond acceptors (Lipinski definition) is 3. The molecule has 20 heavy (non-hydrogen) atoms. The van der Waals surface area contributed by atoms with Gasteiger partial charge in [0.2, 0.25) is 0 Å². The number of nitrogens with zero attached hydrogens (tertiary/aromatic N) is 2. The van der Waals surface area contributed by atoms with E-state index in [-0.39, 0.29) is 6.04 Å². The highest BCUT2D eigenvalue weighted by Gasteiger charge is 2.08. The van der Waals surface area contributed by atoms with Gasteiger partial charge in [-0.25, -0.2) is 0 Å². The van der Waals surface area contributed by atoms with Gasteiger partial charge in [0.25, 0.3) is 0 Å². The van der Waals surface area contributed by atoms with Crippen molar-refractivity contribution < 1.29 is 0 Å². The molecule has 0 radical (unpaired) electrons. The Bertz CT molecular complexity index is 555. The Kier molecular flexibility index (Phi) is 5.15. The van der Waals surface area contributed by atoms with E-state index in [4.69, 9.17) is 5.73 Å². The number of nitrogens with two attached hydrogens (primary N) is 1. The third-order valence-corrected chi connectivity index (χ3v) is 3.79. The van der Waals surface area contributed by atoms with Gasteiger partial charge in [0, 0.05) is 36.5 Å². The van der Waals surface area contributed by atoms with Crippen molar-refractivity contribution in [1.82, 2.24) is 4.98 Å². The lowest BCUT2D eigenvalue weighted by atomic mass is 10.1. The molecule has 1 aromatic heterocycles. The van der Waals surface area contributed by atoms with Gasteiger partial charge in [-0.3, -0.25) is 4.98 Å². The summed E-state index contributed by atoms with van der Waals surface area (Å²) in [5.41, 5.74) is 9.52. The summed E-state index contributed by atoms with van der Waals surface area (Å²) in [5.74, 6) is 0. The largest absolute Gasteiger partial charge is 0.369 e. The van der Waals surface area contributed by atoms with Crippen LogP contribution in [0.2, 0.25) is 0 Å². The van der Waals surface area contributed by atoms with Gasteiger partial charge < -0.3 is 10.6 Å². The van der Waals surface area contributed by atoms with E-state index in [1.54, 1.807) is 0 Å². The number of rotatable bonds is 5. The second-order valence-electron chi connectivity index (χ2n) is 5.18. The van der Waals surface area contributed by atoms with Crippen molar-refractivity contribution in [3.8, 4) is 0 Å². The third-order valence-electron chi connectivity index (χ3n) is 3.15. The van der Waals surface area contributed by atoms with Gasteiger partial charge in [0.1, 0.15) is 0 Å². The van der Waals surface area contributed by atoms with Crippen molar-refractivity contribution in [2.75, 3.05) is 11.9 Å². The maximum absolute atomic E-state index is 5.84. The number of anilines is 1. The first kappa shape index (κ1) is 15.0. The Morgan fingerprint density at radius 2 is 1.90 bits per heavy atom. The molecule has 0 aliphatic rings. The molecule has 106 valence electrons. The SMILES string of the molecule is CC(N)Cc1ccc(N(C)Cc2ccncc2)c(Br)c1. The maximum Gasteiger partial charge on any atom is 0.0511 e. The third kappa shape index (κ3) is 4.05. The molecular weight excluding hydrogens is 314 g/mol. The molecule has 1 aromatic carbocycles. The van der Waals surface area contributed by atoms with Crippen LogP contribution >= 0.6 is 15.9 Å². The molecule has 0 amide bonds. The van der Waals surface area contributed by atoms with Gasteiger partial charge in [-0.1, -0.05) is 6.07 Å². The zero-order valence-corrected chi connectivity index (χ0v) is 13.5. The van der Waals surface area contributed by atoms with E-state index in [0.717, 1.165) is 17.4 Å². The molecule has 1 heterocycles. The highest BCUT2D eigenvalue weighted by atomic mass is 79.9. The summed E-state index contributed by atoms with van der Waals surface area (Å²) in [7, 11) is 2.09. The maximum atomic E-state index is 5.84. The minimum absolute atomic E-state index is 0.183. The summed E-state index contributed by atoms with van der Waals surface area (Å²) in [6.45, 7) is 2.88. The van der Waals surface area contributed by atoms with Crippen molar-refractivity contribution in [1.29, 1.82) is 0 Å². The highest BCUT2D eigenvalue weighted by Crippen LogP contribution is 2.28. The summed E-state index contributed by atoms with van der Waals surface area (Å²) in [6, 6.07) is 10.7. The van der Waals surface area contributed by atoms with E-state index >= 15 is 0 Å². The Morgan fingerprint density at radius 3 is 2.50 bits per heavy atom. The number of aromatic nitrogens is 1. The molecule has 0 saturated heterocycles. The Hall–Kier alpha value is -1.39. The van der Waals surface area contributed by atoms with E-state index in [2.05, 4.69) is 51.1 Å². The average Bonchev–Trinajstić information content (AvgIpc) is 2.39. The summed E-state index contributed by atoms with van der Waals surface area (Å²) in [6.07, 6.45) is 4.54. The predicted octanol–water partition coefficient (Wildman–Crippen LogP) is 3.37. The molecule has 2 rings (SSSR count). The summed E-state index contributed by atoms with van der Waals surface area (Å²) >= 11 is 3.66. The molecule has 0 aliphatic heterocycles. The van der Waals surface area contributed by atoms with Gasteiger partial charge in [0.15, 0.2) is 0 Å². The molecule has 2 N–H and O–H groups in total. The van der Waals surface area contributed by atoms with Crippen LogP contribution in [0.5, 0.6) is 0 Å². The molecule has 1 atom stereocenters. The molecule has 0 fully saturated rings. The number of halogens is 1. The smallest absolute Gasteiger partial charge is 0.0511 e. The molecule has 0 saturated carbocycles. The average molecular weight is 334 g/mol. The lowest BCUT2D eigenvalue weighted by Gasteiger charge is -2.21. The fraction of sp³-hybridized carbons (Fsp3) is 0.312. The van der Waals surface area contributed by atoms with Crippen LogP contribution in [0, 0.1) is 0 Å². The van der Waals surface area contributed by atoms with E-state index in [0.29, 0.717) is 0 Å². The van der Waals surface area contributed by atoms with Crippen LogP contribution in [0.3, 0.4) is 0 Å². The molecule has 0 spiro atoms. The fourth-order valence-electron chi connectivity index (χ4n) is 2.21. The first-order valence-corrected chi connectivity index (χ1v) is 7.49. The predicted molar refractivity (Wildman–Crippen MR) is 87.8 cm³/mol. The van der Waals surface area contributed by atoms with Crippen molar-refractivity contribution in [3.63, 3.8) is 0 Å².